The number of ether oxygens (including phenoxy) is 2. The number of amides is 1. The lowest BCUT2D eigenvalue weighted by atomic mass is 10.1. The molecular weight excluding hydrogens is 390 g/mol. The first-order chi connectivity index (χ1) is 14.9. The SMILES string of the molecule is COc1cc(C)c(CN2CCN([C@@H](C)C(=O)N[C@H](C)c3ccccc3)CC2)cc1OC. The zero-order valence-corrected chi connectivity index (χ0v) is 19.4. The maximum absolute atomic E-state index is 12.8. The molecule has 1 amide bonds. The zero-order chi connectivity index (χ0) is 22.4. The van der Waals surface area contributed by atoms with Crippen molar-refractivity contribution < 1.29 is 14.3 Å². The van der Waals surface area contributed by atoms with Crippen LogP contribution < -0.4 is 14.8 Å². The molecule has 1 aliphatic rings. The number of carbonyl (C=O) groups excluding carboxylic acids is 1. The largest absolute Gasteiger partial charge is 0.493 e. The summed E-state index contributed by atoms with van der Waals surface area (Å²) in [5.41, 5.74) is 3.56. The highest BCUT2D eigenvalue weighted by Gasteiger charge is 2.26. The van der Waals surface area contributed by atoms with Crippen molar-refractivity contribution in [2.75, 3.05) is 40.4 Å². The van der Waals surface area contributed by atoms with E-state index in [-0.39, 0.29) is 18.0 Å². The molecule has 6 nitrogen and oxygen atoms in total. The Morgan fingerprint density at radius 2 is 1.61 bits per heavy atom. The highest BCUT2D eigenvalue weighted by Crippen LogP contribution is 2.31. The maximum atomic E-state index is 12.8. The quantitative estimate of drug-likeness (QED) is 0.703. The summed E-state index contributed by atoms with van der Waals surface area (Å²) in [6.45, 7) is 10.6. The zero-order valence-electron chi connectivity index (χ0n) is 19.4. The molecule has 0 saturated carbocycles. The van der Waals surface area contributed by atoms with Crippen molar-refractivity contribution >= 4 is 5.91 Å². The van der Waals surface area contributed by atoms with E-state index in [9.17, 15) is 4.79 Å². The molecule has 1 aliphatic heterocycles. The van der Waals surface area contributed by atoms with Gasteiger partial charge < -0.3 is 14.8 Å². The van der Waals surface area contributed by atoms with Crippen molar-refractivity contribution in [1.82, 2.24) is 15.1 Å². The molecule has 1 fully saturated rings. The number of aryl methyl sites for hydroxylation is 1. The molecule has 2 aromatic rings. The van der Waals surface area contributed by atoms with Crippen molar-refractivity contribution in [2.24, 2.45) is 0 Å². The fourth-order valence-corrected chi connectivity index (χ4v) is 4.07. The van der Waals surface area contributed by atoms with Crippen LogP contribution in [0.5, 0.6) is 11.5 Å². The first-order valence-corrected chi connectivity index (χ1v) is 11.0. The Morgan fingerprint density at radius 3 is 2.23 bits per heavy atom. The van der Waals surface area contributed by atoms with E-state index in [4.69, 9.17) is 9.47 Å². The average Bonchev–Trinajstić information content (AvgIpc) is 2.80. The van der Waals surface area contributed by atoms with E-state index >= 15 is 0 Å². The minimum Gasteiger partial charge on any atom is -0.493 e. The van der Waals surface area contributed by atoms with Gasteiger partial charge in [-0.2, -0.15) is 0 Å². The predicted molar refractivity (Wildman–Crippen MR) is 124 cm³/mol. The summed E-state index contributed by atoms with van der Waals surface area (Å²) in [5, 5.41) is 3.16. The fraction of sp³-hybridized carbons (Fsp3) is 0.480. The Labute approximate surface area is 186 Å². The van der Waals surface area contributed by atoms with Gasteiger partial charge in [0.2, 0.25) is 5.91 Å². The molecule has 31 heavy (non-hydrogen) atoms. The number of carbonyl (C=O) groups is 1. The third-order valence-corrected chi connectivity index (χ3v) is 6.23. The molecule has 0 radical (unpaired) electrons. The normalized spacial score (nSPS) is 17.1. The lowest BCUT2D eigenvalue weighted by molar-refractivity contribution is -0.127. The predicted octanol–water partition coefficient (Wildman–Crippen LogP) is 3.40. The highest BCUT2D eigenvalue weighted by atomic mass is 16.5. The molecule has 1 heterocycles. The number of rotatable bonds is 8. The second-order valence-electron chi connectivity index (χ2n) is 8.26. The number of hydrogen-bond donors (Lipinski definition) is 1. The number of piperazine rings is 1. The van der Waals surface area contributed by atoms with Crippen LogP contribution in [0.15, 0.2) is 42.5 Å². The van der Waals surface area contributed by atoms with E-state index in [0.29, 0.717) is 0 Å². The smallest absolute Gasteiger partial charge is 0.237 e. The summed E-state index contributed by atoms with van der Waals surface area (Å²) in [7, 11) is 3.33. The van der Waals surface area contributed by atoms with Gasteiger partial charge in [-0.15, -0.1) is 0 Å². The monoisotopic (exact) mass is 425 g/mol. The van der Waals surface area contributed by atoms with Crippen LogP contribution in [0.1, 0.15) is 36.6 Å². The first kappa shape index (κ1) is 23.1. The van der Waals surface area contributed by atoms with Crippen molar-refractivity contribution in [3.05, 3.63) is 59.2 Å². The molecule has 168 valence electrons. The van der Waals surface area contributed by atoms with Crippen LogP contribution in [0, 0.1) is 6.92 Å². The van der Waals surface area contributed by atoms with Gasteiger partial charge in [-0.25, -0.2) is 0 Å². The van der Waals surface area contributed by atoms with Crippen LogP contribution in [0.2, 0.25) is 0 Å². The summed E-state index contributed by atoms with van der Waals surface area (Å²) in [5.74, 6) is 1.61. The molecule has 6 heteroatoms. The van der Waals surface area contributed by atoms with Gasteiger partial charge in [0, 0.05) is 32.7 Å². The van der Waals surface area contributed by atoms with Gasteiger partial charge in [-0.1, -0.05) is 30.3 Å². The molecule has 2 aromatic carbocycles. The van der Waals surface area contributed by atoms with E-state index < -0.39 is 0 Å². The number of methoxy groups -OCH3 is 2. The third kappa shape index (κ3) is 5.77. The van der Waals surface area contributed by atoms with E-state index in [1.54, 1.807) is 14.2 Å². The molecule has 0 aromatic heterocycles. The summed E-state index contributed by atoms with van der Waals surface area (Å²) in [6.07, 6.45) is 0. The van der Waals surface area contributed by atoms with Crippen molar-refractivity contribution in [3.8, 4) is 11.5 Å². The maximum Gasteiger partial charge on any atom is 0.237 e. The van der Waals surface area contributed by atoms with E-state index in [1.807, 2.05) is 50.2 Å². The number of hydrogen-bond acceptors (Lipinski definition) is 5. The van der Waals surface area contributed by atoms with Gasteiger partial charge in [-0.05, 0) is 49.6 Å². The second kappa shape index (κ2) is 10.6. The lowest BCUT2D eigenvalue weighted by Crippen LogP contribution is -2.53. The number of benzene rings is 2. The van der Waals surface area contributed by atoms with Gasteiger partial charge in [0.05, 0.1) is 26.3 Å². The summed E-state index contributed by atoms with van der Waals surface area (Å²) >= 11 is 0. The summed E-state index contributed by atoms with van der Waals surface area (Å²) < 4.78 is 10.9. The standard InChI is InChI=1S/C25H35N3O3/c1-18-15-23(30-4)24(31-5)16-22(18)17-27-11-13-28(14-12-27)20(3)25(29)26-19(2)21-9-7-6-8-10-21/h6-10,15-16,19-20H,11-14,17H2,1-5H3,(H,26,29)/t19-,20+/m1/s1. The van der Waals surface area contributed by atoms with E-state index in [1.165, 1.54) is 11.1 Å². The molecule has 2 atom stereocenters. The molecule has 0 unspecified atom stereocenters. The molecule has 1 N–H and O–H groups in total. The van der Waals surface area contributed by atoms with Crippen LogP contribution in [-0.4, -0.2) is 62.1 Å². The average molecular weight is 426 g/mol. The Hall–Kier alpha value is -2.57. The lowest BCUT2D eigenvalue weighted by Gasteiger charge is -2.38. The van der Waals surface area contributed by atoms with Gasteiger partial charge in [-0.3, -0.25) is 14.6 Å². The Bertz CT molecular complexity index is 864. The fourth-order valence-electron chi connectivity index (χ4n) is 4.07. The van der Waals surface area contributed by atoms with Gasteiger partial charge in [0.15, 0.2) is 11.5 Å². The Balaban J connectivity index is 1.53. The third-order valence-electron chi connectivity index (χ3n) is 6.23. The van der Waals surface area contributed by atoms with E-state index in [0.717, 1.165) is 49.8 Å². The summed E-state index contributed by atoms with van der Waals surface area (Å²) in [6, 6.07) is 14.0. The molecule has 1 saturated heterocycles. The van der Waals surface area contributed by atoms with Crippen molar-refractivity contribution in [1.29, 1.82) is 0 Å². The van der Waals surface area contributed by atoms with Crippen LogP contribution in [0.25, 0.3) is 0 Å². The van der Waals surface area contributed by atoms with Crippen molar-refractivity contribution in [3.63, 3.8) is 0 Å². The minimum atomic E-state index is -0.142. The topological polar surface area (TPSA) is 54.0 Å². The molecule has 0 aliphatic carbocycles. The van der Waals surface area contributed by atoms with E-state index in [2.05, 4.69) is 28.1 Å². The summed E-state index contributed by atoms with van der Waals surface area (Å²) in [4.78, 5) is 17.5. The van der Waals surface area contributed by atoms with Gasteiger partial charge in [0.1, 0.15) is 0 Å². The van der Waals surface area contributed by atoms with Crippen LogP contribution in [-0.2, 0) is 11.3 Å². The first-order valence-electron chi connectivity index (χ1n) is 11.0. The van der Waals surface area contributed by atoms with Gasteiger partial charge >= 0.3 is 0 Å². The molecular formula is C25H35N3O3. The van der Waals surface area contributed by atoms with Crippen LogP contribution in [0.3, 0.4) is 0 Å². The molecule has 3 rings (SSSR count). The Kier molecular flexibility index (Phi) is 7.93. The van der Waals surface area contributed by atoms with Crippen LogP contribution in [0.4, 0.5) is 0 Å². The highest BCUT2D eigenvalue weighted by molar-refractivity contribution is 5.81. The van der Waals surface area contributed by atoms with Crippen LogP contribution >= 0.6 is 0 Å². The van der Waals surface area contributed by atoms with Gasteiger partial charge in [0.25, 0.3) is 0 Å². The minimum absolute atomic E-state index is 0.00506. The Morgan fingerprint density at radius 1 is 1.00 bits per heavy atom. The van der Waals surface area contributed by atoms with Crippen molar-refractivity contribution in [2.45, 2.75) is 39.4 Å². The second-order valence-corrected chi connectivity index (χ2v) is 8.26. The number of nitrogens with zero attached hydrogens (tertiary/aromatic N) is 2. The molecule has 0 spiro atoms. The number of nitrogens with one attached hydrogen (secondary N) is 1. The molecule has 0 bridgehead atoms.